The first-order valence-electron chi connectivity index (χ1n) is 19.1. The first kappa shape index (κ1) is 46.4. The molecular weight excluding hydrogens is 787 g/mol. The van der Waals surface area contributed by atoms with Gasteiger partial charge in [0.15, 0.2) is 11.5 Å². The maximum atomic E-state index is 12.9. The van der Waals surface area contributed by atoms with Crippen molar-refractivity contribution in [3.63, 3.8) is 0 Å². The van der Waals surface area contributed by atoms with Crippen molar-refractivity contribution in [2.45, 2.75) is 107 Å². The van der Waals surface area contributed by atoms with Crippen molar-refractivity contribution in [3.05, 3.63) is 83.6 Å². The molecule has 0 bridgehead atoms. The molecule has 2 heterocycles. The zero-order valence-corrected chi connectivity index (χ0v) is 36.8. The molecule has 0 aromatic heterocycles. The molecule has 15 heteroatoms. The van der Waals surface area contributed by atoms with Crippen LogP contribution >= 0.6 is 24.1 Å². The highest BCUT2D eigenvalue weighted by Gasteiger charge is 2.44. The van der Waals surface area contributed by atoms with Crippen molar-refractivity contribution in [1.82, 2.24) is 5.32 Å². The third-order valence-electron chi connectivity index (χ3n) is 10.2. The van der Waals surface area contributed by atoms with Gasteiger partial charge < -0.3 is 15.5 Å². The van der Waals surface area contributed by atoms with Crippen molar-refractivity contribution >= 4 is 67.8 Å². The molecule has 0 unspecified atom stereocenters. The van der Waals surface area contributed by atoms with Crippen LogP contribution in [0.1, 0.15) is 91.7 Å². The third-order valence-corrected chi connectivity index (χ3v) is 12.1. The van der Waals surface area contributed by atoms with E-state index in [9.17, 15) is 19.1 Å². The normalized spacial score (nSPS) is 17.3. The quantitative estimate of drug-likeness (QED) is 0.0243. The summed E-state index contributed by atoms with van der Waals surface area (Å²) in [5.74, 6) is -0.295. The summed E-state index contributed by atoms with van der Waals surface area (Å²) in [6.07, 6.45) is 16.5. The van der Waals surface area contributed by atoms with Crippen molar-refractivity contribution in [1.29, 1.82) is 0 Å². The van der Waals surface area contributed by atoms with E-state index >= 15 is 0 Å². The van der Waals surface area contributed by atoms with Crippen LogP contribution in [0, 0.1) is 5.92 Å². The average Bonchev–Trinajstić information content (AvgIpc) is 3.48. The van der Waals surface area contributed by atoms with Gasteiger partial charge in [0.1, 0.15) is 6.54 Å². The highest BCUT2D eigenvalue weighted by atomic mass is 32.2. The van der Waals surface area contributed by atoms with Gasteiger partial charge in [0, 0.05) is 81.6 Å². The standard InChI is InChI=1S/C42H57N3O9S3/c1-10-44-35-22-20-30(55-53-51-48)26-32(35)41(4,5)38(44)17-13-11-14-18-39-42(6,7)33-27-31(56-54-52-49)21-23-36(33)45(39)24-16-12-15-19-40(47)43-34(25-29(2)3)37(46)28-57(8,9)50/h11,13-14,17-18,20-23,26-29,34H,10,12,15-16,19,24-25H2,1-9H3,(H2-,43,47,48,49)/t34-/m0/s1. The fraction of sp³-hybridized carbons (Fsp3) is 0.476. The monoisotopic (exact) mass is 843 g/mol. The molecule has 1 amide bonds. The molecule has 0 fully saturated rings. The van der Waals surface area contributed by atoms with Crippen LogP contribution in [0.25, 0.3) is 0 Å². The number of nitrogens with one attached hydrogen (secondary N) is 1. The van der Waals surface area contributed by atoms with Gasteiger partial charge in [-0.3, -0.25) is 18.8 Å². The number of likely N-dealkylation sites (N-methyl/N-ethyl adjacent to an activating group) is 1. The molecule has 0 saturated carbocycles. The fourth-order valence-electron chi connectivity index (χ4n) is 7.54. The van der Waals surface area contributed by atoms with Crippen LogP contribution in [-0.4, -0.2) is 68.5 Å². The molecule has 1 atom stereocenters. The van der Waals surface area contributed by atoms with E-state index in [0.717, 1.165) is 93.7 Å². The number of amides is 1. The molecule has 2 aliphatic heterocycles. The summed E-state index contributed by atoms with van der Waals surface area (Å²) in [6.45, 7) is 16.3. The van der Waals surface area contributed by atoms with Crippen LogP contribution < -0.4 is 15.5 Å². The van der Waals surface area contributed by atoms with Gasteiger partial charge in [0.05, 0.1) is 35.5 Å². The van der Waals surface area contributed by atoms with Gasteiger partial charge in [-0.05, 0) is 97.4 Å². The molecule has 2 aliphatic rings. The van der Waals surface area contributed by atoms with Crippen LogP contribution in [0.5, 0.6) is 0 Å². The lowest BCUT2D eigenvalue weighted by Crippen LogP contribution is -2.42. The lowest BCUT2D eigenvalue weighted by atomic mass is 9.81. The Morgan fingerprint density at radius 3 is 2.30 bits per heavy atom. The number of carbonyl (C=O) groups excluding carboxylic acids is 2. The van der Waals surface area contributed by atoms with E-state index in [2.05, 4.69) is 105 Å². The van der Waals surface area contributed by atoms with E-state index in [0.29, 0.717) is 19.3 Å². The van der Waals surface area contributed by atoms with Gasteiger partial charge in [-0.15, -0.1) is 4.33 Å². The highest BCUT2D eigenvalue weighted by Crippen LogP contribution is 2.49. The number of benzene rings is 2. The Labute approximate surface area is 346 Å². The molecule has 0 spiro atoms. The second kappa shape index (κ2) is 20.6. The number of carbonyl (C=O) groups is 2. The summed E-state index contributed by atoms with van der Waals surface area (Å²) in [5, 5.41) is 30.7. The van der Waals surface area contributed by atoms with E-state index in [-0.39, 0.29) is 28.4 Å². The Balaban J connectivity index is 1.50. The summed E-state index contributed by atoms with van der Waals surface area (Å²) >= 11 is 1.81. The Morgan fingerprint density at radius 1 is 0.965 bits per heavy atom. The largest absolute Gasteiger partial charge is 0.691 e. The minimum Gasteiger partial charge on any atom is -0.691 e. The van der Waals surface area contributed by atoms with Gasteiger partial charge in [0.25, 0.3) is 0 Å². The van der Waals surface area contributed by atoms with Crippen LogP contribution in [0.15, 0.2) is 82.3 Å². The average molecular weight is 844 g/mol. The summed E-state index contributed by atoms with van der Waals surface area (Å²) in [7, 11) is -2.38. The van der Waals surface area contributed by atoms with E-state index in [4.69, 9.17) is 5.26 Å². The smallest absolute Gasteiger partial charge is 0.220 e. The molecule has 12 nitrogen and oxygen atoms in total. The number of nitrogens with zero attached hydrogens (tertiary/aromatic N) is 2. The van der Waals surface area contributed by atoms with Gasteiger partial charge in [-0.1, -0.05) is 51.0 Å². The van der Waals surface area contributed by atoms with Crippen molar-refractivity contribution in [2.24, 2.45) is 5.92 Å². The second-order valence-corrected chi connectivity index (χ2v) is 20.4. The van der Waals surface area contributed by atoms with Crippen LogP contribution in [0.4, 0.5) is 11.4 Å². The zero-order chi connectivity index (χ0) is 42.0. The predicted octanol–water partition coefficient (Wildman–Crippen LogP) is 7.54. The first-order valence-corrected chi connectivity index (χ1v) is 23.0. The lowest BCUT2D eigenvalue weighted by molar-refractivity contribution is -0.777. The molecule has 0 aliphatic carbocycles. The molecule has 4 rings (SSSR count). The topological polar surface area (TPSA) is 150 Å². The number of Topliss-reactive ketones (excluding diaryl/α,β-unsaturated/α-hetero) is 1. The Morgan fingerprint density at radius 2 is 1.65 bits per heavy atom. The fourth-order valence-corrected chi connectivity index (χ4v) is 9.06. The number of fused-ring (bicyclic) bond motifs is 2. The molecule has 312 valence electrons. The van der Waals surface area contributed by atoms with Gasteiger partial charge in [-0.25, -0.2) is 5.26 Å². The van der Waals surface area contributed by atoms with Gasteiger partial charge >= 0.3 is 0 Å². The van der Waals surface area contributed by atoms with Crippen molar-refractivity contribution in [2.75, 3.05) is 30.5 Å². The first-order chi connectivity index (χ1) is 26.9. The number of hydrogen-bond acceptors (Lipinski definition) is 12. The zero-order valence-electron chi connectivity index (χ0n) is 34.4. The Hall–Kier alpha value is -3.25. The molecule has 2 aromatic carbocycles. The Kier molecular flexibility index (Phi) is 16.8. The minimum absolute atomic E-state index is 0.182. The maximum Gasteiger partial charge on any atom is 0.220 e. The number of anilines is 1. The molecule has 2 aromatic rings. The summed E-state index contributed by atoms with van der Waals surface area (Å²) < 4.78 is 23.8. The van der Waals surface area contributed by atoms with Crippen LogP contribution in [0.2, 0.25) is 0 Å². The summed E-state index contributed by atoms with van der Waals surface area (Å²) in [6, 6.07) is 11.3. The number of ketones is 1. The van der Waals surface area contributed by atoms with E-state index < -0.39 is 15.6 Å². The van der Waals surface area contributed by atoms with Crippen molar-refractivity contribution in [3.8, 4) is 0 Å². The molecule has 0 radical (unpaired) electrons. The number of unbranched alkanes of at least 4 members (excludes halogenated alkanes) is 2. The van der Waals surface area contributed by atoms with Gasteiger partial charge in [-0.2, -0.15) is 8.91 Å². The second-order valence-electron chi connectivity index (χ2n) is 16.0. The van der Waals surface area contributed by atoms with E-state index in [1.54, 1.807) is 0 Å². The minimum atomic E-state index is -2.38. The van der Waals surface area contributed by atoms with E-state index in [1.165, 1.54) is 17.9 Å². The predicted molar refractivity (Wildman–Crippen MR) is 228 cm³/mol. The summed E-state index contributed by atoms with van der Waals surface area (Å²) in [5.41, 5.74) is 6.02. The molecule has 0 saturated heterocycles. The lowest BCUT2D eigenvalue weighted by Gasteiger charge is -2.25. The van der Waals surface area contributed by atoms with Crippen molar-refractivity contribution < 1.29 is 47.6 Å². The maximum absolute atomic E-state index is 12.9. The van der Waals surface area contributed by atoms with Gasteiger partial charge in [0.2, 0.25) is 11.6 Å². The molecule has 57 heavy (non-hydrogen) atoms. The van der Waals surface area contributed by atoms with Crippen LogP contribution in [0.3, 0.4) is 0 Å². The highest BCUT2D eigenvalue weighted by molar-refractivity contribution is 8.01. The number of allylic oxidation sites excluding steroid dienone is 6. The molecule has 2 N–H and O–H groups in total. The number of hydrogen-bond donors (Lipinski definition) is 2. The van der Waals surface area contributed by atoms with Crippen LogP contribution in [-0.2, 0) is 48.7 Å². The Bertz CT molecular complexity index is 2010. The SMILES string of the molecule is CCN1/C(=C/C=C/C=C/C2=[N+](CCCCCC(=O)N[C@@H](CC(C)C)C(=O)C=S(C)(C)=O)c3ccc(SOO[O-])cc3C2(C)C)C(C)(C)c2cc(SOOO)ccc21. The molecular formula is C42H57N3O9S3. The summed E-state index contributed by atoms with van der Waals surface area (Å²) in [4.78, 5) is 29.6. The third kappa shape index (κ3) is 12.1. The number of rotatable bonds is 21. The van der Waals surface area contributed by atoms with E-state index in [1.807, 2.05) is 44.2 Å².